The average Bonchev–Trinajstić information content (AvgIpc) is 3.93. The average molecular weight is 736 g/mol. The van der Waals surface area contributed by atoms with E-state index in [1.807, 2.05) is 11.3 Å². The lowest BCUT2D eigenvalue weighted by molar-refractivity contribution is 1.19. The van der Waals surface area contributed by atoms with Crippen molar-refractivity contribution in [1.82, 2.24) is 14.5 Å². The van der Waals surface area contributed by atoms with E-state index in [2.05, 4.69) is 180 Å². The minimum absolute atomic E-state index is 0.752. The molecule has 0 aliphatic carbocycles. The molecule has 0 amide bonds. The molecule has 8 aromatic carbocycles. The Hall–Kier alpha value is -6.66. The van der Waals surface area contributed by atoms with Gasteiger partial charge in [-0.1, -0.05) is 140 Å². The fourth-order valence-corrected chi connectivity index (χ4v) is 10.9. The summed E-state index contributed by atoms with van der Waals surface area (Å²) in [5, 5.41) is 8.67. The highest BCUT2D eigenvalue weighted by Gasteiger charge is 2.21. The lowest BCUT2D eigenvalue weighted by Gasteiger charge is -2.10. The van der Waals surface area contributed by atoms with Gasteiger partial charge in [0.25, 0.3) is 0 Å². The van der Waals surface area contributed by atoms with Crippen molar-refractivity contribution >= 4 is 95.7 Å². The number of para-hydroxylation sites is 1. The molecule has 0 N–H and O–H groups in total. The zero-order valence-electron chi connectivity index (χ0n) is 29.4. The molecule has 0 bridgehead atoms. The van der Waals surface area contributed by atoms with E-state index < -0.39 is 0 Å². The monoisotopic (exact) mass is 735 g/mol. The van der Waals surface area contributed by atoms with Crippen molar-refractivity contribution in [2.45, 2.75) is 0 Å². The maximum Gasteiger partial charge on any atom is 0.161 e. The molecule has 5 heteroatoms. The normalized spacial score (nSPS) is 12.0. The Morgan fingerprint density at radius 2 is 1.13 bits per heavy atom. The number of hydrogen-bond donors (Lipinski definition) is 0. The first-order valence-corrected chi connectivity index (χ1v) is 20.1. The fraction of sp³-hybridized carbons (Fsp3) is 0. The third-order valence-corrected chi connectivity index (χ3v) is 13.4. The third kappa shape index (κ3) is 4.67. The van der Waals surface area contributed by atoms with Crippen LogP contribution in [0.2, 0.25) is 0 Å². The van der Waals surface area contributed by atoms with Crippen molar-refractivity contribution in [3.8, 4) is 39.5 Å². The first-order chi connectivity index (χ1) is 27.3. The second-order valence-corrected chi connectivity index (χ2v) is 16.2. The largest absolute Gasteiger partial charge is 0.309 e. The number of nitrogens with zero attached hydrogens (tertiary/aromatic N) is 3. The van der Waals surface area contributed by atoms with Crippen LogP contribution in [0.15, 0.2) is 176 Å². The van der Waals surface area contributed by atoms with Crippen LogP contribution in [0.4, 0.5) is 0 Å². The molecule has 0 aliphatic heterocycles. The van der Waals surface area contributed by atoms with Gasteiger partial charge in [-0.15, -0.1) is 22.7 Å². The highest BCUT2D eigenvalue weighted by molar-refractivity contribution is 7.26. The lowest BCUT2D eigenvalue weighted by Crippen LogP contribution is -1.94. The van der Waals surface area contributed by atoms with E-state index in [0.29, 0.717) is 0 Å². The fourth-order valence-electron chi connectivity index (χ4n) is 8.48. The standard InChI is InChI=1S/C50H29N3S2/c1-2-12-30(13-3-1)32-15-10-16-33(28-32)45-49-46(40-19-7-9-23-43(40)54-49)52-50(51-45)41-21-11-20-39-37-27-25-34(29-44(37)55-48(39)41)53-42-22-8-6-18-36(42)38-26-24-31-14-4-5-17-35(31)47(38)53/h1-29H. The molecule has 0 atom stereocenters. The van der Waals surface area contributed by atoms with Gasteiger partial charge in [0.1, 0.15) is 0 Å². The zero-order chi connectivity index (χ0) is 36.0. The van der Waals surface area contributed by atoms with Gasteiger partial charge in [0.2, 0.25) is 0 Å². The number of hydrogen-bond acceptors (Lipinski definition) is 4. The van der Waals surface area contributed by atoms with Gasteiger partial charge >= 0.3 is 0 Å². The van der Waals surface area contributed by atoms with Gasteiger partial charge in [-0.25, -0.2) is 9.97 Å². The van der Waals surface area contributed by atoms with E-state index >= 15 is 0 Å². The van der Waals surface area contributed by atoms with E-state index in [4.69, 9.17) is 9.97 Å². The molecule has 3 nitrogen and oxygen atoms in total. The molecule has 0 spiro atoms. The van der Waals surface area contributed by atoms with Gasteiger partial charge in [-0.05, 0) is 52.9 Å². The summed E-state index contributed by atoms with van der Waals surface area (Å²) in [7, 11) is 0. The minimum atomic E-state index is 0.752. The van der Waals surface area contributed by atoms with Crippen LogP contribution in [0.1, 0.15) is 0 Å². The summed E-state index contributed by atoms with van der Waals surface area (Å²) in [6.07, 6.45) is 0. The van der Waals surface area contributed by atoms with Crippen LogP contribution in [0.25, 0.3) is 113 Å². The molecule has 4 heterocycles. The van der Waals surface area contributed by atoms with Crippen molar-refractivity contribution in [3.05, 3.63) is 176 Å². The molecule has 55 heavy (non-hydrogen) atoms. The smallest absolute Gasteiger partial charge is 0.161 e. The van der Waals surface area contributed by atoms with Crippen molar-refractivity contribution in [3.63, 3.8) is 0 Å². The van der Waals surface area contributed by atoms with Crippen LogP contribution in [-0.2, 0) is 0 Å². The maximum atomic E-state index is 5.45. The highest BCUT2D eigenvalue weighted by Crippen LogP contribution is 2.45. The molecule has 0 aliphatic rings. The van der Waals surface area contributed by atoms with E-state index in [1.165, 1.54) is 74.0 Å². The summed E-state index contributed by atoms with van der Waals surface area (Å²) in [5.74, 6) is 0.752. The molecule has 0 saturated carbocycles. The molecule has 0 radical (unpaired) electrons. The number of thiophene rings is 2. The van der Waals surface area contributed by atoms with Crippen molar-refractivity contribution < 1.29 is 0 Å². The summed E-state index contributed by atoms with van der Waals surface area (Å²) in [6.45, 7) is 0. The SMILES string of the molecule is c1ccc(-c2cccc(-c3nc(-c4cccc5c4sc4cc(-n6c7ccccc7c7ccc8ccccc8c76)ccc45)nc4c3sc3ccccc34)c2)cc1. The topological polar surface area (TPSA) is 30.7 Å². The van der Waals surface area contributed by atoms with Crippen LogP contribution >= 0.6 is 22.7 Å². The third-order valence-electron chi connectivity index (χ3n) is 11.0. The first-order valence-electron chi connectivity index (χ1n) is 18.5. The van der Waals surface area contributed by atoms with Gasteiger partial charge in [0.05, 0.1) is 26.9 Å². The maximum absolute atomic E-state index is 5.45. The Kier molecular flexibility index (Phi) is 6.67. The Balaban J connectivity index is 1.08. The zero-order valence-corrected chi connectivity index (χ0v) is 31.0. The van der Waals surface area contributed by atoms with Crippen LogP contribution in [0.3, 0.4) is 0 Å². The Morgan fingerprint density at radius 1 is 0.418 bits per heavy atom. The quantitative estimate of drug-likeness (QED) is 0.180. The van der Waals surface area contributed by atoms with E-state index in [1.54, 1.807) is 11.3 Å². The summed E-state index contributed by atoms with van der Waals surface area (Å²) in [5.41, 5.74) is 10.1. The van der Waals surface area contributed by atoms with Gasteiger partial charge in [0.15, 0.2) is 5.82 Å². The number of aromatic nitrogens is 3. The van der Waals surface area contributed by atoms with Gasteiger partial charge in [-0.3, -0.25) is 0 Å². The summed E-state index contributed by atoms with van der Waals surface area (Å²) in [6, 6.07) is 63.5. The summed E-state index contributed by atoms with van der Waals surface area (Å²) in [4.78, 5) is 10.8. The molecule has 0 saturated heterocycles. The molecule has 0 unspecified atom stereocenters. The molecule has 4 aromatic heterocycles. The number of fused-ring (bicyclic) bond motifs is 11. The molecule has 12 aromatic rings. The highest BCUT2D eigenvalue weighted by atomic mass is 32.1. The molecular weight excluding hydrogens is 707 g/mol. The molecule has 256 valence electrons. The Labute approximate surface area is 324 Å². The van der Waals surface area contributed by atoms with Crippen LogP contribution < -0.4 is 0 Å². The lowest BCUT2D eigenvalue weighted by atomic mass is 10.0. The summed E-state index contributed by atoms with van der Waals surface area (Å²) >= 11 is 3.60. The van der Waals surface area contributed by atoms with Crippen molar-refractivity contribution in [1.29, 1.82) is 0 Å². The second-order valence-electron chi connectivity index (χ2n) is 14.1. The summed E-state index contributed by atoms with van der Waals surface area (Å²) < 4.78 is 7.22. The Morgan fingerprint density at radius 3 is 2.05 bits per heavy atom. The van der Waals surface area contributed by atoms with Gasteiger partial charge in [-0.2, -0.15) is 0 Å². The number of rotatable bonds is 4. The molecular formula is C50H29N3S2. The van der Waals surface area contributed by atoms with Crippen LogP contribution in [0.5, 0.6) is 0 Å². The van der Waals surface area contributed by atoms with Gasteiger partial charge < -0.3 is 4.57 Å². The predicted molar refractivity (Wildman–Crippen MR) is 236 cm³/mol. The van der Waals surface area contributed by atoms with Crippen molar-refractivity contribution in [2.24, 2.45) is 0 Å². The van der Waals surface area contributed by atoms with E-state index in [9.17, 15) is 0 Å². The van der Waals surface area contributed by atoms with E-state index in [0.717, 1.165) is 38.5 Å². The molecule has 12 rings (SSSR count). The van der Waals surface area contributed by atoms with Crippen molar-refractivity contribution in [2.75, 3.05) is 0 Å². The van der Waals surface area contributed by atoms with Gasteiger partial charge in [0, 0.05) is 63.2 Å². The molecule has 0 fully saturated rings. The second kappa shape index (κ2) is 11.9. The van der Waals surface area contributed by atoms with Crippen LogP contribution in [-0.4, -0.2) is 14.5 Å². The minimum Gasteiger partial charge on any atom is -0.309 e. The predicted octanol–water partition coefficient (Wildman–Crippen LogP) is 14.5. The van der Waals surface area contributed by atoms with E-state index in [-0.39, 0.29) is 0 Å². The van der Waals surface area contributed by atoms with Crippen LogP contribution in [0, 0.1) is 0 Å². The Bertz CT molecular complexity index is 3500. The first kappa shape index (κ1) is 30.8. The number of benzene rings is 8.